The molecule has 0 N–H and O–H groups in total. The number of halogens is 1. The van der Waals surface area contributed by atoms with Crippen molar-refractivity contribution in [3.8, 4) is 0 Å². The molecule has 2 aromatic rings. The molecule has 2 aromatic carbocycles. The van der Waals surface area contributed by atoms with E-state index in [0.717, 1.165) is 6.42 Å². The summed E-state index contributed by atoms with van der Waals surface area (Å²) in [5, 5.41) is 2.95. The van der Waals surface area contributed by atoms with Gasteiger partial charge >= 0.3 is 0 Å². The van der Waals surface area contributed by atoms with E-state index in [-0.39, 0.29) is 12.7 Å². The predicted octanol–water partition coefficient (Wildman–Crippen LogP) is 3.15. The van der Waals surface area contributed by atoms with Crippen molar-refractivity contribution in [2.45, 2.75) is 18.8 Å². The molecule has 112 valence electrons. The molecule has 1 aliphatic carbocycles. The molecule has 1 aliphatic rings. The summed E-state index contributed by atoms with van der Waals surface area (Å²) >= 11 is 0. The van der Waals surface area contributed by atoms with Crippen LogP contribution in [0.15, 0.2) is 84.7 Å². The van der Waals surface area contributed by atoms with E-state index in [2.05, 4.69) is 67.2 Å². The minimum atomic E-state index is -1.74. The second kappa shape index (κ2) is 6.49. The maximum Gasteiger partial charge on any atom is 0.115 e. The Morgan fingerprint density at radius 3 is 2.00 bits per heavy atom. The largest absolute Gasteiger partial charge is 0.207 e. The van der Waals surface area contributed by atoms with Crippen molar-refractivity contribution in [3.05, 3.63) is 84.7 Å². The summed E-state index contributed by atoms with van der Waals surface area (Å²) < 4.78 is 13.6. The third-order valence-corrected chi connectivity index (χ3v) is 10.6. The topological polar surface area (TPSA) is 0 Å². The van der Waals surface area contributed by atoms with Crippen LogP contribution in [-0.2, 0) is 0 Å². The quantitative estimate of drug-likeness (QED) is 0.761. The monoisotopic (exact) mass is 307 g/mol. The predicted molar refractivity (Wildman–Crippen MR) is 99.0 cm³/mol. The van der Waals surface area contributed by atoms with Gasteiger partial charge in [0.25, 0.3) is 0 Å². The Labute approximate surface area is 133 Å². The normalized spacial score (nSPS) is 18.1. The zero-order valence-electron chi connectivity index (χ0n) is 13.2. The van der Waals surface area contributed by atoms with Crippen LogP contribution in [0.25, 0.3) is 0 Å². The highest BCUT2D eigenvalue weighted by atomic mass is 28.3. The third kappa shape index (κ3) is 3.15. The molecule has 0 saturated heterocycles. The summed E-state index contributed by atoms with van der Waals surface area (Å²) in [6.07, 6.45) is 6.45. The Bertz CT molecular complexity index is 640. The Kier molecular flexibility index (Phi) is 4.44. The molecule has 1 unspecified atom stereocenters. The van der Waals surface area contributed by atoms with Crippen molar-refractivity contribution in [1.29, 1.82) is 0 Å². The van der Waals surface area contributed by atoms with Crippen LogP contribution in [0.3, 0.4) is 0 Å². The second-order valence-electron chi connectivity index (χ2n) is 6.81. The fourth-order valence-electron chi connectivity index (χ4n) is 3.94. The van der Waals surface area contributed by atoms with Crippen LogP contribution in [-0.4, -0.2) is 14.8 Å². The summed E-state index contributed by atoms with van der Waals surface area (Å²) in [4.78, 5) is 0. The van der Waals surface area contributed by atoms with Crippen molar-refractivity contribution in [2.75, 3.05) is 0 Å². The lowest BCUT2D eigenvalue weighted by atomic mass is 9.80. The van der Waals surface area contributed by atoms with Crippen LogP contribution in [0.5, 0.6) is 0 Å². The van der Waals surface area contributed by atoms with Crippen molar-refractivity contribution in [2.24, 2.45) is 0 Å². The average molecular weight is 307 g/mol. The molecule has 0 aromatic heterocycles. The lowest BCUT2D eigenvalue weighted by Crippen LogP contribution is -2.61. The van der Waals surface area contributed by atoms with Crippen molar-refractivity contribution in [1.82, 2.24) is 0 Å². The molecule has 3 heteroatoms. The highest BCUT2D eigenvalue weighted by molar-refractivity contribution is 7.37. The van der Waals surface area contributed by atoms with E-state index in [9.17, 15) is 4.39 Å². The van der Waals surface area contributed by atoms with Crippen LogP contribution >= 0.6 is 0 Å². The molecule has 0 radical (unpaired) electrons. The first-order valence-corrected chi connectivity index (χ1v) is 11.1. The van der Waals surface area contributed by atoms with E-state index in [0.29, 0.717) is 5.82 Å². The van der Waals surface area contributed by atoms with Gasteiger partial charge in [-0.1, -0.05) is 96.2 Å². The van der Waals surface area contributed by atoms with Crippen LogP contribution < -0.4 is 10.4 Å². The molecule has 0 nitrogen and oxygen atoms in total. The smallest absolute Gasteiger partial charge is 0.115 e. The van der Waals surface area contributed by atoms with Gasteiger partial charge in [-0.2, -0.15) is 0 Å². The first-order valence-electron chi connectivity index (χ1n) is 8.15. The Hall–Kier alpha value is -1.87. The molecule has 3 rings (SSSR count). The van der Waals surface area contributed by atoms with Gasteiger partial charge in [-0.05, 0) is 20.9 Å². The van der Waals surface area contributed by atoms with E-state index < -0.39 is 7.94 Å². The molecule has 0 heterocycles. The van der Waals surface area contributed by atoms with Crippen LogP contribution in [0.4, 0.5) is 4.39 Å². The fraction of sp³-hybridized carbons (Fsp3) is 0.158. The summed E-state index contributed by atoms with van der Waals surface area (Å²) in [5.41, 5.74) is 0. The van der Waals surface area contributed by atoms with Gasteiger partial charge in [0.1, 0.15) is 5.83 Å². The lowest BCUT2D eigenvalue weighted by Gasteiger charge is -2.38. The Morgan fingerprint density at radius 1 is 0.955 bits per heavy atom. The molecular formula is C19H21BFSi-. The van der Waals surface area contributed by atoms with Gasteiger partial charge in [-0.25, -0.2) is 4.39 Å². The molecule has 0 amide bonds. The minimum Gasteiger partial charge on any atom is -0.207 e. The number of benzene rings is 2. The average Bonchev–Trinajstić information content (AvgIpc) is 2.56. The van der Waals surface area contributed by atoms with Gasteiger partial charge in [0, 0.05) is 0 Å². The van der Waals surface area contributed by atoms with E-state index in [1.54, 1.807) is 6.08 Å². The number of hydrogen-bond donors (Lipinski definition) is 0. The fourth-order valence-corrected chi connectivity index (χ4v) is 8.88. The highest BCUT2D eigenvalue weighted by Gasteiger charge is 2.27. The Balaban J connectivity index is 1.99. The van der Waals surface area contributed by atoms with E-state index in [1.807, 2.05) is 12.2 Å². The zero-order chi connectivity index (χ0) is 15.4. The van der Waals surface area contributed by atoms with Crippen molar-refractivity contribution >= 4 is 25.2 Å². The van der Waals surface area contributed by atoms with Gasteiger partial charge in [0.2, 0.25) is 0 Å². The van der Waals surface area contributed by atoms with E-state index in [4.69, 9.17) is 0 Å². The summed E-state index contributed by atoms with van der Waals surface area (Å²) in [6, 6.07) is 21.7. The number of allylic oxidation sites excluding steroid dienone is 4. The molecule has 0 bridgehead atoms. The maximum absolute atomic E-state index is 13.6. The van der Waals surface area contributed by atoms with E-state index in [1.165, 1.54) is 10.4 Å². The number of rotatable bonds is 4. The van der Waals surface area contributed by atoms with Crippen LogP contribution in [0.1, 0.15) is 6.42 Å². The van der Waals surface area contributed by atoms with Gasteiger partial charge in [-0.3, -0.25) is 0 Å². The van der Waals surface area contributed by atoms with Crippen molar-refractivity contribution < 1.29 is 4.39 Å². The third-order valence-electron chi connectivity index (χ3n) is 5.17. The first-order chi connectivity index (χ1) is 10.7. The molecule has 22 heavy (non-hydrogen) atoms. The maximum atomic E-state index is 13.6. The van der Waals surface area contributed by atoms with Gasteiger partial charge < -0.3 is 0 Å². The van der Waals surface area contributed by atoms with Gasteiger partial charge in [-0.15, -0.1) is 5.82 Å². The van der Waals surface area contributed by atoms with E-state index >= 15 is 0 Å². The summed E-state index contributed by atoms with van der Waals surface area (Å²) in [6.45, 7) is 2.14. The molecule has 1 atom stereocenters. The molecule has 0 saturated carbocycles. The van der Waals surface area contributed by atoms with Gasteiger partial charge in [0.15, 0.2) is 0 Å². The lowest BCUT2D eigenvalue weighted by molar-refractivity contribution is 0.652. The SMILES string of the molecule is C[Si]([BH2-]C1C=C(F)C=CC1)(c1ccccc1)c1ccccc1. The van der Waals surface area contributed by atoms with Crippen molar-refractivity contribution in [3.63, 3.8) is 0 Å². The summed E-state index contributed by atoms with van der Waals surface area (Å²) in [5.74, 6) is 0.361. The van der Waals surface area contributed by atoms with Crippen LogP contribution in [0, 0.1) is 0 Å². The molecule has 0 spiro atoms. The van der Waals surface area contributed by atoms with Gasteiger partial charge in [0.05, 0.1) is 0 Å². The molecule has 0 fully saturated rings. The minimum absolute atomic E-state index is 0.0579. The standard InChI is InChI=1S/C19H21BFSi/c1-22(18-11-4-2-5-12-18,19-13-6-3-7-14-19)20-16-9-8-10-17(21)15-16/h2-8,10-16H,9,20H2,1H3/q-1. The second-order valence-corrected chi connectivity index (χ2v) is 11.8. The highest BCUT2D eigenvalue weighted by Crippen LogP contribution is 2.24. The number of hydrogen-bond acceptors (Lipinski definition) is 0. The molecular weight excluding hydrogens is 286 g/mol. The van der Waals surface area contributed by atoms with Crippen LogP contribution in [0.2, 0.25) is 12.4 Å². The summed E-state index contributed by atoms with van der Waals surface area (Å²) in [7, 11) is -1.74. The zero-order valence-corrected chi connectivity index (χ0v) is 14.2. The molecule has 0 aliphatic heterocycles. The first kappa shape index (κ1) is 15.0. The Morgan fingerprint density at radius 2 is 1.50 bits per heavy atom.